The van der Waals surface area contributed by atoms with E-state index in [0.717, 1.165) is 23.1 Å². The van der Waals surface area contributed by atoms with Crippen molar-refractivity contribution in [1.82, 2.24) is 4.98 Å². The molecule has 294 valence electrons. The van der Waals surface area contributed by atoms with Crippen LogP contribution in [-0.4, -0.2) is 59.9 Å². The number of carbonyl (C=O) groups excluding carboxylic acids is 3. The largest absolute Gasteiger partial charge is 0.508 e. The van der Waals surface area contributed by atoms with Crippen LogP contribution in [0.5, 0.6) is 0 Å². The number of aryl methyl sites for hydroxylation is 1. The molecule has 0 radical (unpaired) electrons. The fourth-order valence-corrected chi connectivity index (χ4v) is 9.58. The number of esters is 1. The second-order valence-electron chi connectivity index (χ2n) is 13.4. The van der Waals surface area contributed by atoms with Crippen LogP contribution in [0, 0.1) is 24.2 Å². The molecular formula is C37H55Cl3FNO8SSi. The molecule has 0 aromatic carbocycles. The van der Waals surface area contributed by atoms with Gasteiger partial charge in [-0.25, -0.2) is 9.78 Å². The lowest BCUT2D eigenvalue weighted by atomic mass is 9.73. The Morgan fingerprint density at radius 2 is 1.67 bits per heavy atom. The maximum Gasteiger partial charge on any atom is 0.508 e. The summed E-state index contributed by atoms with van der Waals surface area (Å²) in [4.78, 5) is 49.5. The lowest BCUT2D eigenvalue weighted by Gasteiger charge is -2.42. The number of carbonyl (C=O) groups is 3. The Kier molecular flexibility index (Phi) is 20.4. The Balaban J connectivity index is 3.57. The first kappa shape index (κ1) is 47.8. The zero-order valence-corrected chi connectivity index (χ0v) is 35.9. The molecule has 1 aromatic heterocycles. The summed E-state index contributed by atoms with van der Waals surface area (Å²) >= 11 is 18.7. The van der Waals surface area contributed by atoms with Crippen molar-refractivity contribution in [2.75, 3.05) is 6.61 Å². The van der Waals surface area contributed by atoms with E-state index in [1.165, 1.54) is 23.5 Å². The first-order chi connectivity index (χ1) is 24.2. The lowest BCUT2D eigenvalue weighted by molar-refractivity contribution is -0.153. The van der Waals surface area contributed by atoms with Crippen LogP contribution in [0.1, 0.15) is 85.4 Å². The van der Waals surface area contributed by atoms with E-state index in [1.807, 2.05) is 19.2 Å². The van der Waals surface area contributed by atoms with Gasteiger partial charge in [0, 0.05) is 21.7 Å². The van der Waals surface area contributed by atoms with Gasteiger partial charge >= 0.3 is 12.1 Å². The minimum Gasteiger partial charge on any atom is -0.457 e. The van der Waals surface area contributed by atoms with Crippen LogP contribution >= 0.6 is 46.1 Å². The van der Waals surface area contributed by atoms with E-state index in [1.54, 1.807) is 39.8 Å². The number of ether oxygens (including phenoxy) is 3. The van der Waals surface area contributed by atoms with Crippen molar-refractivity contribution in [2.45, 2.75) is 122 Å². The topological polar surface area (TPSA) is 110 Å². The SMILES string of the molecule is C=CC[C@H](C)[C@H](OC(=O)OCC(Cl)(Cl)Cl)[C@@H](C)C(=O)C(C)(C)[C@H](CC(=O)O[C@@H](C/C=C(\C=C)OF)/C(C)=C/c1csc(C)n1)O[Si](CC)(CC)CC. The van der Waals surface area contributed by atoms with Crippen LogP contribution in [0.3, 0.4) is 0 Å². The Morgan fingerprint density at radius 1 is 1.06 bits per heavy atom. The van der Waals surface area contributed by atoms with E-state index in [2.05, 4.69) is 43.9 Å². The summed E-state index contributed by atoms with van der Waals surface area (Å²) in [5, 5.41) is 2.75. The quantitative estimate of drug-likeness (QED) is 0.0266. The molecule has 0 spiro atoms. The average molecular weight is 827 g/mol. The number of halogens is 4. The minimum atomic E-state index is -2.42. The van der Waals surface area contributed by atoms with E-state index in [9.17, 15) is 18.9 Å². The van der Waals surface area contributed by atoms with Gasteiger partial charge in [0.15, 0.2) is 14.1 Å². The minimum absolute atomic E-state index is 0.0828. The maximum atomic E-state index is 14.5. The third-order valence-electron chi connectivity index (χ3n) is 9.33. The summed E-state index contributed by atoms with van der Waals surface area (Å²) in [5.74, 6) is -2.24. The lowest BCUT2D eigenvalue weighted by Crippen LogP contribution is -2.52. The molecule has 0 unspecified atom stereocenters. The van der Waals surface area contributed by atoms with Crippen molar-refractivity contribution in [3.05, 3.63) is 58.8 Å². The van der Waals surface area contributed by atoms with Gasteiger partial charge in [-0.3, -0.25) is 14.5 Å². The highest BCUT2D eigenvalue weighted by atomic mass is 35.6. The molecule has 0 saturated heterocycles. The summed E-state index contributed by atoms with van der Waals surface area (Å²) in [7, 11) is -2.42. The molecule has 15 heteroatoms. The van der Waals surface area contributed by atoms with Gasteiger partial charge in [-0.05, 0) is 68.1 Å². The van der Waals surface area contributed by atoms with Crippen LogP contribution < -0.4 is 0 Å². The van der Waals surface area contributed by atoms with Gasteiger partial charge in [-0.15, -0.1) is 17.9 Å². The first-order valence-electron chi connectivity index (χ1n) is 17.4. The van der Waals surface area contributed by atoms with Gasteiger partial charge in [0.1, 0.15) is 24.6 Å². The number of rotatable bonds is 23. The predicted molar refractivity (Wildman–Crippen MR) is 211 cm³/mol. The number of hydrogen-bond donors (Lipinski definition) is 0. The molecular weight excluding hydrogens is 772 g/mol. The zero-order chi connectivity index (χ0) is 39.9. The molecule has 0 bridgehead atoms. The summed E-state index contributed by atoms with van der Waals surface area (Å²) in [5.41, 5.74) is 0.0978. The number of Topliss-reactive ketones (excluding diaryl/α,β-unsaturated/α-hetero) is 1. The summed E-state index contributed by atoms with van der Waals surface area (Å²) in [6, 6.07) is 2.29. The highest BCUT2D eigenvalue weighted by Gasteiger charge is 2.47. The molecule has 52 heavy (non-hydrogen) atoms. The van der Waals surface area contributed by atoms with Gasteiger partial charge < -0.3 is 18.6 Å². The second kappa shape index (κ2) is 22.2. The molecule has 1 heterocycles. The van der Waals surface area contributed by atoms with Crippen LogP contribution in [0.4, 0.5) is 9.32 Å². The van der Waals surface area contributed by atoms with Gasteiger partial charge in [0.25, 0.3) is 0 Å². The molecule has 0 aliphatic carbocycles. The maximum absolute atomic E-state index is 14.5. The number of aromatic nitrogens is 1. The number of thiazole rings is 1. The predicted octanol–water partition coefficient (Wildman–Crippen LogP) is 11.2. The molecule has 9 nitrogen and oxygen atoms in total. The van der Waals surface area contributed by atoms with Crippen LogP contribution in [-0.2, 0) is 33.2 Å². The Bertz CT molecular complexity index is 1400. The molecule has 1 rings (SSSR count). The molecule has 0 aliphatic rings. The monoisotopic (exact) mass is 825 g/mol. The second-order valence-corrected chi connectivity index (χ2v) is 21.7. The fourth-order valence-electron chi connectivity index (χ4n) is 5.86. The molecule has 0 N–H and O–H groups in total. The third-order valence-corrected chi connectivity index (χ3v) is 15.1. The number of alkyl halides is 3. The molecule has 0 aliphatic heterocycles. The molecule has 5 atom stereocenters. The van der Waals surface area contributed by atoms with E-state index in [0.29, 0.717) is 17.7 Å². The van der Waals surface area contributed by atoms with E-state index in [-0.39, 0.29) is 30.3 Å². The van der Waals surface area contributed by atoms with E-state index >= 15 is 0 Å². The molecule has 0 fully saturated rings. The number of nitrogens with zero attached hydrogens (tertiary/aromatic N) is 1. The smallest absolute Gasteiger partial charge is 0.457 e. The van der Waals surface area contributed by atoms with Crippen molar-refractivity contribution in [3.8, 4) is 0 Å². The highest BCUT2D eigenvalue weighted by molar-refractivity contribution is 7.09. The highest BCUT2D eigenvalue weighted by Crippen LogP contribution is 2.38. The average Bonchev–Trinajstić information content (AvgIpc) is 3.50. The number of hydrogen-bond acceptors (Lipinski definition) is 10. The summed E-state index contributed by atoms with van der Waals surface area (Å²) in [6.45, 7) is 23.6. The van der Waals surface area contributed by atoms with Crippen molar-refractivity contribution in [2.24, 2.45) is 17.3 Å². The fraction of sp³-hybridized carbons (Fsp3) is 0.622. The normalized spacial score (nSPS) is 15.9. The van der Waals surface area contributed by atoms with Gasteiger partial charge in [-0.1, -0.05) is 95.9 Å². The molecule has 0 amide bonds. The van der Waals surface area contributed by atoms with Crippen molar-refractivity contribution in [1.29, 1.82) is 0 Å². The Labute approximate surface area is 328 Å². The number of ketones is 1. The number of allylic oxidation sites excluding steroid dienone is 2. The first-order valence-corrected chi connectivity index (χ1v) is 21.9. The Hall–Kier alpha value is -2.22. The van der Waals surface area contributed by atoms with Crippen LogP contribution in [0.15, 0.2) is 48.1 Å². The third kappa shape index (κ3) is 15.3. The van der Waals surface area contributed by atoms with Gasteiger partial charge in [-0.2, -0.15) is 0 Å². The van der Waals surface area contributed by atoms with E-state index < -0.39 is 60.5 Å². The van der Waals surface area contributed by atoms with Crippen molar-refractivity contribution in [3.63, 3.8) is 0 Å². The Morgan fingerprint density at radius 3 is 2.15 bits per heavy atom. The van der Waals surface area contributed by atoms with Crippen molar-refractivity contribution < 1.29 is 42.5 Å². The molecule has 0 saturated carbocycles. The van der Waals surface area contributed by atoms with Crippen molar-refractivity contribution >= 4 is 78.4 Å². The molecule has 1 aromatic rings. The van der Waals surface area contributed by atoms with Crippen LogP contribution in [0.25, 0.3) is 6.08 Å². The zero-order valence-electron chi connectivity index (χ0n) is 31.8. The summed E-state index contributed by atoms with van der Waals surface area (Å²) < 4.78 is 34.8. The van der Waals surface area contributed by atoms with Gasteiger partial charge in [0.2, 0.25) is 3.79 Å². The standard InChI is InChI=1S/C37H55Cl3FNO8SSi/c1-12-17-24(6)33(48-35(45)46-23-37(38,39)40)26(8)34(44)36(10,11)31(50-52(14-3,15-4)16-5)21-32(43)47-30(19-18-29(13-2)49-41)25(7)20-28-22-51-27(9)42-28/h12-13,18,20,22,24,26,30-31,33H,1-2,14-17,19,21,23H2,3-11H3/b25-20+,29-18+/t24-,26+,30-,31-,33-/m0/s1. The van der Waals surface area contributed by atoms with Crippen LogP contribution in [0.2, 0.25) is 18.1 Å². The summed E-state index contributed by atoms with van der Waals surface area (Å²) in [6.07, 6.45) is 2.61. The van der Waals surface area contributed by atoms with Gasteiger partial charge in [0.05, 0.1) is 29.1 Å². The van der Waals surface area contributed by atoms with E-state index in [4.69, 9.17) is 53.4 Å².